The van der Waals surface area contributed by atoms with Gasteiger partial charge in [-0.3, -0.25) is 4.90 Å². The molecule has 4 aliphatic rings. The van der Waals surface area contributed by atoms with Gasteiger partial charge in [-0.15, -0.1) is 0 Å². The molecule has 1 aromatic rings. The van der Waals surface area contributed by atoms with Crippen molar-refractivity contribution in [2.45, 2.75) is 36.9 Å². The molecule has 5 rings (SSSR count). The first-order valence-electron chi connectivity index (χ1n) is 7.84. The van der Waals surface area contributed by atoms with Crippen LogP contribution in [0.5, 0.6) is 17.2 Å². The number of methoxy groups -OCH3 is 1. The van der Waals surface area contributed by atoms with Gasteiger partial charge >= 0.3 is 0 Å². The Bertz CT molecular complexity index is 686. The van der Waals surface area contributed by atoms with Crippen molar-refractivity contribution in [3.8, 4) is 17.2 Å². The van der Waals surface area contributed by atoms with Crippen LogP contribution in [0.4, 0.5) is 0 Å². The van der Waals surface area contributed by atoms with Crippen molar-refractivity contribution in [3.05, 3.63) is 29.3 Å². The molecule has 0 spiro atoms. The highest BCUT2D eigenvalue weighted by molar-refractivity contribution is 5.64. The summed E-state index contributed by atoms with van der Waals surface area (Å²) < 4.78 is 16.9. The van der Waals surface area contributed by atoms with E-state index in [1.807, 2.05) is 6.08 Å². The van der Waals surface area contributed by atoms with E-state index in [-0.39, 0.29) is 18.3 Å². The summed E-state index contributed by atoms with van der Waals surface area (Å²) in [5, 5.41) is 10.0. The molecule has 1 unspecified atom stereocenters. The van der Waals surface area contributed by atoms with E-state index in [4.69, 9.17) is 14.2 Å². The minimum absolute atomic E-state index is 0.0267. The lowest BCUT2D eigenvalue weighted by Crippen LogP contribution is -2.49. The second kappa shape index (κ2) is 4.18. The lowest BCUT2D eigenvalue weighted by molar-refractivity contribution is 0.109. The summed E-state index contributed by atoms with van der Waals surface area (Å²) in [4.78, 5) is 2.47. The first kappa shape index (κ1) is 12.8. The number of benzene rings is 1. The van der Waals surface area contributed by atoms with E-state index in [1.165, 1.54) is 11.1 Å². The van der Waals surface area contributed by atoms with E-state index in [1.54, 1.807) is 7.11 Å². The maximum Gasteiger partial charge on any atom is 0.231 e. The molecule has 0 aromatic heterocycles. The summed E-state index contributed by atoms with van der Waals surface area (Å²) in [6, 6.07) is 2.50. The highest BCUT2D eigenvalue weighted by Gasteiger charge is 2.54. The quantitative estimate of drug-likeness (QED) is 0.798. The van der Waals surface area contributed by atoms with Gasteiger partial charge in [0.2, 0.25) is 12.5 Å². The third kappa shape index (κ3) is 1.41. The minimum Gasteiger partial charge on any atom is -0.492 e. The number of rotatable bonds is 1. The second-order valence-corrected chi connectivity index (χ2v) is 6.61. The molecule has 22 heavy (non-hydrogen) atoms. The van der Waals surface area contributed by atoms with Gasteiger partial charge in [0, 0.05) is 30.1 Å². The molecule has 1 saturated heterocycles. The normalized spacial score (nSPS) is 36.9. The van der Waals surface area contributed by atoms with Crippen molar-refractivity contribution in [2.75, 3.05) is 20.4 Å². The number of aliphatic hydroxyl groups is 1. The summed E-state index contributed by atoms with van der Waals surface area (Å²) in [6.45, 7) is 2.15. The van der Waals surface area contributed by atoms with Crippen LogP contribution in [0.1, 0.15) is 24.0 Å². The molecule has 0 saturated carbocycles. The van der Waals surface area contributed by atoms with Gasteiger partial charge < -0.3 is 19.3 Å². The van der Waals surface area contributed by atoms with Crippen LogP contribution in [0.2, 0.25) is 0 Å². The molecule has 1 N–H and O–H groups in total. The predicted molar refractivity (Wildman–Crippen MR) is 79.4 cm³/mol. The van der Waals surface area contributed by atoms with E-state index in [0.717, 1.165) is 43.2 Å². The zero-order chi connectivity index (χ0) is 14.9. The van der Waals surface area contributed by atoms with Crippen LogP contribution < -0.4 is 14.2 Å². The maximum absolute atomic E-state index is 10.0. The summed E-state index contributed by atoms with van der Waals surface area (Å²) in [7, 11) is 1.69. The molecule has 4 atom stereocenters. The Balaban J connectivity index is 1.77. The lowest BCUT2D eigenvalue weighted by atomic mass is 9.66. The second-order valence-electron chi connectivity index (χ2n) is 6.61. The summed E-state index contributed by atoms with van der Waals surface area (Å²) in [5.41, 5.74) is 2.47. The van der Waals surface area contributed by atoms with Gasteiger partial charge in [-0.1, -0.05) is 12.2 Å². The summed E-state index contributed by atoms with van der Waals surface area (Å²) in [6.07, 6.45) is 5.71. The van der Waals surface area contributed by atoms with Crippen LogP contribution in [0, 0.1) is 0 Å². The third-order valence-corrected chi connectivity index (χ3v) is 5.72. The molecule has 0 amide bonds. The maximum atomic E-state index is 10.0. The van der Waals surface area contributed by atoms with Crippen molar-refractivity contribution < 1.29 is 19.3 Å². The lowest BCUT2D eigenvalue weighted by Gasteiger charge is -2.45. The predicted octanol–water partition coefficient (Wildman–Crippen LogP) is 1.57. The zero-order valence-corrected chi connectivity index (χ0v) is 12.5. The molecule has 3 aliphatic heterocycles. The fraction of sp³-hybridized carbons (Fsp3) is 0.529. The smallest absolute Gasteiger partial charge is 0.231 e. The van der Waals surface area contributed by atoms with Crippen LogP contribution in [-0.2, 0) is 12.0 Å². The standard InChI is InChI=1S/C17H19NO4/c1-20-15-11-8-18-5-4-17(3-2-10(19)6-14(17)18)12(11)7-13-16(15)22-9-21-13/h2-3,7,10,14,19H,4-6,8-9H2,1H3/t10-,14+,17+/m0/s1. The Labute approximate surface area is 129 Å². The summed E-state index contributed by atoms with van der Waals surface area (Å²) >= 11 is 0. The van der Waals surface area contributed by atoms with Gasteiger partial charge in [0.05, 0.1) is 13.2 Å². The molecule has 0 radical (unpaired) electrons. The van der Waals surface area contributed by atoms with Crippen molar-refractivity contribution in [2.24, 2.45) is 0 Å². The monoisotopic (exact) mass is 301 g/mol. The Morgan fingerprint density at radius 1 is 1.41 bits per heavy atom. The van der Waals surface area contributed by atoms with E-state index >= 15 is 0 Å². The molecule has 1 aromatic carbocycles. The van der Waals surface area contributed by atoms with E-state index in [2.05, 4.69) is 17.0 Å². The highest BCUT2D eigenvalue weighted by atomic mass is 16.7. The number of hydrogen-bond donors (Lipinski definition) is 1. The van der Waals surface area contributed by atoms with E-state index in [0.29, 0.717) is 6.04 Å². The van der Waals surface area contributed by atoms with Crippen LogP contribution in [-0.4, -0.2) is 42.6 Å². The van der Waals surface area contributed by atoms with Gasteiger partial charge in [0.25, 0.3) is 0 Å². The minimum atomic E-state index is -0.337. The van der Waals surface area contributed by atoms with Crippen LogP contribution >= 0.6 is 0 Å². The van der Waals surface area contributed by atoms with Gasteiger partial charge in [-0.05, 0) is 24.5 Å². The van der Waals surface area contributed by atoms with Crippen LogP contribution in [0.25, 0.3) is 0 Å². The van der Waals surface area contributed by atoms with Gasteiger partial charge in [0.15, 0.2) is 11.5 Å². The molecular weight excluding hydrogens is 282 g/mol. The fourth-order valence-electron chi connectivity index (χ4n) is 4.76. The highest BCUT2D eigenvalue weighted by Crippen LogP contribution is 2.56. The van der Waals surface area contributed by atoms with E-state index < -0.39 is 0 Å². The van der Waals surface area contributed by atoms with Gasteiger partial charge in [-0.25, -0.2) is 0 Å². The van der Waals surface area contributed by atoms with Crippen molar-refractivity contribution >= 4 is 0 Å². The molecule has 116 valence electrons. The molecule has 2 bridgehead atoms. The Kier molecular flexibility index (Phi) is 2.43. The van der Waals surface area contributed by atoms with Crippen LogP contribution in [0.3, 0.4) is 0 Å². The molecule has 5 heteroatoms. The number of fused-ring (bicyclic) bond motifs is 2. The van der Waals surface area contributed by atoms with Crippen molar-refractivity contribution in [3.63, 3.8) is 0 Å². The van der Waals surface area contributed by atoms with Gasteiger partial charge in [0.1, 0.15) is 0 Å². The first-order valence-corrected chi connectivity index (χ1v) is 7.84. The average Bonchev–Trinajstić information content (AvgIpc) is 3.08. The average molecular weight is 301 g/mol. The molecule has 3 heterocycles. The molecule has 5 nitrogen and oxygen atoms in total. The molecular formula is C17H19NO4. The number of hydrogen-bond acceptors (Lipinski definition) is 5. The summed E-state index contributed by atoms with van der Waals surface area (Å²) in [5.74, 6) is 2.33. The number of ether oxygens (including phenoxy) is 3. The largest absolute Gasteiger partial charge is 0.492 e. The Hall–Kier alpha value is -1.72. The molecule has 1 fully saturated rings. The third-order valence-electron chi connectivity index (χ3n) is 5.72. The number of nitrogens with zero attached hydrogens (tertiary/aromatic N) is 1. The van der Waals surface area contributed by atoms with Crippen molar-refractivity contribution in [1.29, 1.82) is 0 Å². The first-order chi connectivity index (χ1) is 10.7. The SMILES string of the molecule is COc1c2c(cc3c1OCO3)[C@]13C=C[C@H](O)C[C@H]1N(CC3)C2. The Morgan fingerprint density at radius 2 is 2.32 bits per heavy atom. The Morgan fingerprint density at radius 3 is 3.18 bits per heavy atom. The topological polar surface area (TPSA) is 51.2 Å². The zero-order valence-electron chi connectivity index (χ0n) is 12.5. The van der Waals surface area contributed by atoms with E-state index in [9.17, 15) is 5.11 Å². The van der Waals surface area contributed by atoms with Gasteiger partial charge in [-0.2, -0.15) is 0 Å². The number of aliphatic hydroxyl groups excluding tert-OH is 1. The van der Waals surface area contributed by atoms with Crippen molar-refractivity contribution in [1.82, 2.24) is 4.90 Å². The fourth-order valence-corrected chi connectivity index (χ4v) is 4.76. The van der Waals surface area contributed by atoms with Crippen LogP contribution in [0.15, 0.2) is 18.2 Å². The molecule has 1 aliphatic carbocycles.